The number of carbonyl (C=O) groups excluding carboxylic acids is 1. The number of alkyl halides is 3. The summed E-state index contributed by atoms with van der Waals surface area (Å²) in [5.41, 5.74) is 1.29. The van der Waals surface area contributed by atoms with Gasteiger partial charge in [-0.2, -0.15) is 13.2 Å². The molecule has 0 fully saturated rings. The topological polar surface area (TPSA) is 66.8 Å². The van der Waals surface area contributed by atoms with Gasteiger partial charge in [-0.3, -0.25) is 9.59 Å². The van der Waals surface area contributed by atoms with E-state index in [1.807, 2.05) is 31.2 Å². The molecule has 9 heteroatoms. The largest absolute Gasteiger partial charge is 0.487 e. The Kier molecular flexibility index (Phi) is 7.50. The van der Waals surface area contributed by atoms with Gasteiger partial charge in [0.25, 0.3) is 5.91 Å². The first-order chi connectivity index (χ1) is 17.4. The fourth-order valence-electron chi connectivity index (χ4n) is 4.49. The third kappa shape index (κ3) is 6.63. The summed E-state index contributed by atoms with van der Waals surface area (Å²) < 4.78 is 44.9. The van der Waals surface area contributed by atoms with Crippen LogP contribution in [-0.4, -0.2) is 34.0 Å². The van der Waals surface area contributed by atoms with E-state index >= 15 is 0 Å². The molecule has 1 amide bonds. The van der Waals surface area contributed by atoms with Gasteiger partial charge < -0.3 is 14.7 Å². The number of fused-ring (bicyclic) bond motifs is 1. The van der Waals surface area contributed by atoms with Gasteiger partial charge in [-0.15, -0.1) is 0 Å². The standard InChI is InChI=1S/C28H25ClF3NO4/c1-27(15-19-3-2-4-23(29)13-19)12-11-20-14-21(7-10-24(20)37-27)26(36)33(17-25(34)35)16-18-5-8-22(9-6-18)28(30,31)32/h2-10,13-14H,11-12,15-17H2,1H3,(H,34,35). The minimum absolute atomic E-state index is 0.144. The monoisotopic (exact) mass is 531 g/mol. The van der Waals surface area contributed by atoms with Crippen LogP contribution in [0.4, 0.5) is 13.2 Å². The molecular formula is C28H25ClF3NO4. The number of carbonyl (C=O) groups is 2. The average Bonchev–Trinajstić information content (AvgIpc) is 2.82. The summed E-state index contributed by atoms with van der Waals surface area (Å²) in [7, 11) is 0. The zero-order valence-corrected chi connectivity index (χ0v) is 20.8. The Morgan fingerprint density at radius 2 is 1.78 bits per heavy atom. The van der Waals surface area contributed by atoms with Crippen molar-refractivity contribution in [2.45, 2.75) is 44.5 Å². The van der Waals surface area contributed by atoms with E-state index in [1.54, 1.807) is 18.2 Å². The lowest BCUT2D eigenvalue weighted by Gasteiger charge is -2.36. The SMILES string of the molecule is CC1(Cc2cccc(Cl)c2)CCc2cc(C(=O)N(CC(=O)O)Cc3ccc(C(F)(F)F)cc3)ccc2O1. The van der Waals surface area contributed by atoms with Gasteiger partial charge in [0.1, 0.15) is 17.9 Å². The number of aliphatic carboxylic acids is 1. The van der Waals surface area contributed by atoms with E-state index < -0.39 is 35.8 Å². The number of carboxylic acids is 1. The van der Waals surface area contributed by atoms with E-state index in [0.29, 0.717) is 35.6 Å². The van der Waals surface area contributed by atoms with Crippen molar-refractivity contribution >= 4 is 23.5 Å². The number of ether oxygens (including phenoxy) is 1. The lowest BCUT2D eigenvalue weighted by atomic mass is 9.87. The third-order valence-electron chi connectivity index (χ3n) is 6.32. The molecule has 1 aliphatic rings. The Hall–Kier alpha value is -3.52. The molecule has 0 radical (unpaired) electrons. The highest BCUT2D eigenvalue weighted by atomic mass is 35.5. The minimum atomic E-state index is -4.48. The smallest absolute Gasteiger partial charge is 0.416 e. The first kappa shape index (κ1) is 26.5. The van der Waals surface area contributed by atoms with Gasteiger partial charge in [0.15, 0.2) is 0 Å². The van der Waals surface area contributed by atoms with Crippen molar-refractivity contribution in [1.82, 2.24) is 4.90 Å². The fourth-order valence-corrected chi connectivity index (χ4v) is 4.70. The Bertz CT molecular complexity index is 1310. The summed E-state index contributed by atoms with van der Waals surface area (Å²) in [6.07, 6.45) is -2.46. The van der Waals surface area contributed by atoms with Crippen molar-refractivity contribution in [3.8, 4) is 5.75 Å². The second-order valence-electron chi connectivity index (χ2n) is 9.43. The third-order valence-corrected chi connectivity index (χ3v) is 6.56. The first-order valence-corrected chi connectivity index (χ1v) is 12.0. The van der Waals surface area contributed by atoms with E-state index in [0.717, 1.165) is 28.2 Å². The van der Waals surface area contributed by atoms with Crippen LogP contribution in [0.15, 0.2) is 66.7 Å². The second-order valence-corrected chi connectivity index (χ2v) is 9.87. The molecule has 37 heavy (non-hydrogen) atoms. The quantitative estimate of drug-likeness (QED) is 0.382. The van der Waals surface area contributed by atoms with Crippen molar-refractivity contribution in [1.29, 1.82) is 0 Å². The van der Waals surface area contributed by atoms with Crippen LogP contribution in [0.3, 0.4) is 0 Å². The van der Waals surface area contributed by atoms with Crippen LogP contribution in [-0.2, 0) is 30.4 Å². The summed E-state index contributed by atoms with van der Waals surface area (Å²) in [5, 5.41) is 9.98. The molecular weight excluding hydrogens is 507 g/mol. The van der Waals surface area contributed by atoms with Crippen LogP contribution in [0.5, 0.6) is 5.75 Å². The van der Waals surface area contributed by atoms with Gasteiger partial charge in [-0.05, 0) is 78.9 Å². The Morgan fingerprint density at radius 3 is 2.43 bits per heavy atom. The number of rotatable bonds is 7. The summed E-state index contributed by atoms with van der Waals surface area (Å²) in [6, 6.07) is 16.9. The summed E-state index contributed by atoms with van der Waals surface area (Å²) in [5.74, 6) is -1.10. The van der Waals surface area contributed by atoms with E-state index in [9.17, 15) is 27.9 Å². The summed E-state index contributed by atoms with van der Waals surface area (Å²) >= 11 is 6.11. The number of benzene rings is 3. The van der Waals surface area contributed by atoms with Gasteiger partial charge in [-0.25, -0.2) is 0 Å². The predicted octanol–water partition coefficient (Wildman–Crippen LogP) is 6.41. The number of aryl methyl sites for hydroxylation is 1. The van der Waals surface area contributed by atoms with E-state index in [2.05, 4.69) is 0 Å². The highest BCUT2D eigenvalue weighted by Crippen LogP contribution is 2.36. The number of hydrogen-bond acceptors (Lipinski definition) is 3. The molecule has 0 spiro atoms. The summed E-state index contributed by atoms with van der Waals surface area (Å²) in [6.45, 7) is 1.29. The van der Waals surface area contributed by atoms with E-state index in [4.69, 9.17) is 16.3 Å². The van der Waals surface area contributed by atoms with Crippen LogP contribution in [0, 0.1) is 0 Å². The maximum Gasteiger partial charge on any atom is 0.416 e. The van der Waals surface area contributed by atoms with E-state index in [-0.39, 0.29) is 12.1 Å². The maximum absolute atomic E-state index is 13.2. The Balaban J connectivity index is 1.50. The predicted molar refractivity (Wildman–Crippen MR) is 133 cm³/mol. The number of amides is 1. The van der Waals surface area contributed by atoms with Crippen molar-refractivity contribution < 1.29 is 32.6 Å². The highest BCUT2D eigenvalue weighted by Gasteiger charge is 2.33. The molecule has 5 nitrogen and oxygen atoms in total. The molecule has 1 atom stereocenters. The maximum atomic E-state index is 13.2. The van der Waals surface area contributed by atoms with Crippen LogP contribution >= 0.6 is 11.6 Å². The molecule has 1 heterocycles. The summed E-state index contributed by atoms with van der Waals surface area (Å²) in [4.78, 5) is 25.7. The first-order valence-electron chi connectivity index (χ1n) is 11.7. The van der Waals surface area contributed by atoms with Gasteiger partial charge >= 0.3 is 12.1 Å². The molecule has 0 saturated heterocycles. The van der Waals surface area contributed by atoms with Gasteiger partial charge in [0, 0.05) is 23.6 Å². The molecule has 1 N–H and O–H groups in total. The lowest BCUT2D eigenvalue weighted by Crippen LogP contribution is -2.39. The Morgan fingerprint density at radius 1 is 1.05 bits per heavy atom. The van der Waals surface area contributed by atoms with Crippen LogP contribution in [0.25, 0.3) is 0 Å². The van der Waals surface area contributed by atoms with Crippen molar-refractivity contribution in [2.24, 2.45) is 0 Å². The molecule has 1 unspecified atom stereocenters. The van der Waals surface area contributed by atoms with Gasteiger partial charge in [0.05, 0.1) is 5.56 Å². The molecule has 0 bridgehead atoms. The number of carboxylic acid groups (broad SMARTS) is 1. The van der Waals surface area contributed by atoms with Crippen molar-refractivity contribution in [2.75, 3.05) is 6.54 Å². The fraction of sp³-hybridized carbons (Fsp3) is 0.286. The zero-order valence-electron chi connectivity index (χ0n) is 20.0. The van der Waals surface area contributed by atoms with Gasteiger partial charge in [-0.1, -0.05) is 35.9 Å². The molecule has 194 valence electrons. The molecule has 1 aliphatic heterocycles. The van der Waals surface area contributed by atoms with Crippen LogP contribution < -0.4 is 4.74 Å². The van der Waals surface area contributed by atoms with Crippen molar-refractivity contribution in [3.63, 3.8) is 0 Å². The molecule has 4 rings (SSSR count). The normalized spacial score (nSPS) is 17.0. The minimum Gasteiger partial charge on any atom is -0.487 e. The molecule has 0 aromatic heterocycles. The molecule has 3 aromatic carbocycles. The average molecular weight is 532 g/mol. The zero-order chi connectivity index (χ0) is 26.8. The molecule has 3 aromatic rings. The van der Waals surface area contributed by atoms with Crippen LogP contribution in [0.1, 0.15) is 46.0 Å². The molecule has 0 saturated carbocycles. The second kappa shape index (κ2) is 10.5. The Labute approximate surface area is 217 Å². The van der Waals surface area contributed by atoms with Gasteiger partial charge in [0.2, 0.25) is 0 Å². The number of nitrogens with zero attached hydrogens (tertiary/aromatic N) is 1. The van der Waals surface area contributed by atoms with E-state index in [1.165, 1.54) is 12.1 Å². The highest BCUT2D eigenvalue weighted by molar-refractivity contribution is 6.30. The number of halogens is 4. The number of hydrogen-bond donors (Lipinski definition) is 1. The van der Waals surface area contributed by atoms with Crippen LogP contribution in [0.2, 0.25) is 5.02 Å². The van der Waals surface area contributed by atoms with Crippen molar-refractivity contribution in [3.05, 3.63) is 99.6 Å². The molecule has 0 aliphatic carbocycles. The lowest BCUT2D eigenvalue weighted by molar-refractivity contribution is -0.138.